The molecule has 2 rings (SSSR count). The highest BCUT2D eigenvalue weighted by atomic mass is 16.1. The van der Waals surface area contributed by atoms with Gasteiger partial charge in [-0.2, -0.15) is 0 Å². The zero-order valence-corrected chi connectivity index (χ0v) is 10.5. The van der Waals surface area contributed by atoms with Gasteiger partial charge in [-0.1, -0.05) is 66.2 Å². The zero-order chi connectivity index (χ0) is 12.8. The summed E-state index contributed by atoms with van der Waals surface area (Å²) in [7, 11) is 0. The first-order valence-corrected chi connectivity index (χ1v) is 6.05. The third-order valence-electron chi connectivity index (χ3n) is 2.72. The van der Waals surface area contributed by atoms with E-state index in [0.717, 1.165) is 11.1 Å². The van der Waals surface area contributed by atoms with Gasteiger partial charge in [0.05, 0.1) is 0 Å². The maximum Gasteiger partial charge on any atom is 0.160 e. The first kappa shape index (κ1) is 12.3. The van der Waals surface area contributed by atoms with Crippen LogP contribution in [0.15, 0.2) is 60.7 Å². The van der Waals surface area contributed by atoms with Crippen LogP contribution in [0, 0.1) is 6.92 Å². The van der Waals surface area contributed by atoms with Crippen LogP contribution in [0.2, 0.25) is 0 Å². The molecule has 1 nitrogen and oxygen atoms in total. The maximum absolute atomic E-state index is 11.8. The van der Waals surface area contributed by atoms with Crippen molar-refractivity contribution in [3.8, 4) is 0 Å². The Morgan fingerprint density at radius 1 is 1.06 bits per heavy atom. The molecule has 1 heteroatoms. The van der Waals surface area contributed by atoms with Crippen molar-refractivity contribution in [3.05, 3.63) is 77.4 Å². The molecule has 2 aromatic carbocycles. The number of hydrogen-bond donors (Lipinski definition) is 0. The van der Waals surface area contributed by atoms with Crippen molar-refractivity contribution in [2.24, 2.45) is 0 Å². The van der Waals surface area contributed by atoms with Crippen LogP contribution in [0.5, 0.6) is 0 Å². The quantitative estimate of drug-likeness (QED) is 0.737. The van der Waals surface area contributed by atoms with E-state index in [1.165, 1.54) is 5.56 Å². The van der Waals surface area contributed by atoms with E-state index in [4.69, 9.17) is 0 Å². The molecule has 2 aromatic rings. The lowest BCUT2D eigenvalue weighted by Crippen LogP contribution is -1.98. The van der Waals surface area contributed by atoms with Crippen LogP contribution in [0.1, 0.15) is 16.7 Å². The highest BCUT2D eigenvalue weighted by Crippen LogP contribution is 2.06. The summed E-state index contributed by atoms with van der Waals surface area (Å²) in [6.07, 6.45) is 3.97. The minimum Gasteiger partial charge on any atom is -0.294 e. The van der Waals surface area contributed by atoms with Crippen LogP contribution in [0.25, 0.3) is 6.08 Å². The van der Waals surface area contributed by atoms with Gasteiger partial charge in [-0.3, -0.25) is 4.79 Å². The highest BCUT2D eigenvalue weighted by molar-refractivity contribution is 5.95. The van der Waals surface area contributed by atoms with E-state index in [9.17, 15) is 4.79 Å². The number of ketones is 1. The Bertz CT molecular complexity index is 553. The standard InChI is InChI=1S/C17H16O/c1-14-6-5-9-16(12-14)13-17(18)11-10-15-7-3-2-4-8-15/h2-12H,13H2,1H3. The first-order valence-electron chi connectivity index (χ1n) is 6.05. The van der Waals surface area contributed by atoms with E-state index in [1.54, 1.807) is 6.08 Å². The second-order valence-corrected chi connectivity index (χ2v) is 4.38. The molecule has 0 atom stereocenters. The fourth-order valence-electron chi connectivity index (χ4n) is 1.84. The molecule has 0 saturated carbocycles. The summed E-state index contributed by atoms with van der Waals surface area (Å²) in [4.78, 5) is 11.8. The first-order chi connectivity index (χ1) is 8.74. The predicted molar refractivity (Wildman–Crippen MR) is 75.4 cm³/mol. The molecule has 0 saturated heterocycles. The van der Waals surface area contributed by atoms with Gasteiger partial charge in [-0.05, 0) is 24.1 Å². The maximum atomic E-state index is 11.8. The summed E-state index contributed by atoms with van der Waals surface area (Å²) in [5.74, 6) is 0.129. The summed E-state index contributed by atoms with van der Waals surface area (Å²) < 4.78 is 0. The van der Waals surface area contributed by atoms with Crippen molar-refractivity contribution in [1.29, 1.82) is 0 Å². The van der Waals surface area contributed by atoms with Crippen molar-refractivity contribution in [3.63, 3.8) is 0 Å². The summed E-state index contributed by atoms with van der Waals surface area (Å²) in [5, 5.41) is 0. The number of benzene rings is 2. The number of aryl methyl sites for hydroxylation is 1. The Morgan fingerprint density at radius 3 is 2.56 bits per heavy atom. The van der Waals surface area contributed by atoms with Crippen molar-refractivity contribution in [1.82, 2.24) is 0 Å². The van der Waals surface area contributed by atoms with Crippen LogP contribution in [-0.2, 0) is 11.2 Å². The second kappa shape index (κ2) is 5.97. The van der Waals surface area contributed by atoms with Gasteiger partial charge in [0.1, 0.15) is 0 Å². The molecule has 0 unspecified atom stereocenters. The van der Waals surface area contributed by atoms with E-state index in [0.29, 0.717) is 6.42 Å². The molecule has 0 heterocycles. The molecule has 0 bridgehead atoms. The fourth-order valence-corrected chi connectivity index (χ4v) is 1.84. The average molecular weight is 236 g/mol. The molecular formula is C17H16O. The summed E-state index contributed by atoms with van der Waals surface area (Å²) in [6, 6.07) is 17.9. The predicted octanol–water partition coefficient (Wildman–Crippen LogP) is 3.82. The van der Waals surface area contributed by atoms with E-state index in [-0.39, 0.29) is 5.78 Å². The largest absolute Gasteiger partial charge is 0.294 e. The number of hydrogen-bond acceptors (Lipinski definition) is 1. The number of carbonyl (C=O) groups excluding carboxylic acids is 1. The Hall–Kier alpha value is -2.15. The summed E-state index contributed by atoms with van der Waals surface area (Å²) in [6.45, 7) is 2.04. The highest BCUT2D eigenvalue weighted by Gasteiger charge is 1.99. The molecular weight excluding hydrogens is 220 g/mol. The average Bonchev–Trinajstić information content (AvgIpc) is 2.38. The molecule has 0 fully saturated rings. The van der Waals surface area contributed by atoms with Gasteiger partial charge < -0.3 is 0 Å². The fraction of sp³-hybridized carbons (Fsp3) is 0.118. The van der Waals surface area contributed by atoms with E-state index in [2.05, 4.69) is 0 Å². The molecule has 0 aliphatic rings. The Balaban J connectivity index is 1.99. The van der Waals surface area contributed by atoms with Gasteiger partial charge in [0.15, 0.2) is 5.78 Å². The Kier molecular flexibility index (Phi) is 4.08. The van der Waals surface area contributed by atoms with Crippen LogP contribution >= 0.6 is 0 Å². The van der Waals surface area contributed by atoms with Gasteiger partial charge in [0.25, 0.3) is 0 Å². The SMILES string of the molecule is Cc1cccc(CC(=O)C=Cc2ccccc2)c1. The molecule has 0 aliphatic carbocycles. The minimum atomic E-state index is 0.129. The molecule has 0 spiro atoms. The van der Waals surface area contributed by atoms with Crippen LogP contribution in [0.4, 0.5) is 0 Å². The lowest BCUT2D eigenvalue weighted by molar-refractivity contribution is -0.113. The normalized spacial score (nSPS) is 10.7. The monoisotopic (exact) mass is 236 g/mol. The molecule has 0 aromatic heterocycles. The molecule has 0 aliphatic heterocycles. The van der Waals surface area contributed by atoms with Gasteiger partial charge in [0.2, 0.25) is 0 Å². The van der Waals surface area contributed by atoms with Crippen molar-refractivity contribution in [2.45, 2.75) is 13.3 Å². The topological polar surface area (TPSA) is 17.1 Å². The van der Waals surface area contributed by atoms with Crippen LogP contribution in [-0.4, -0.2) is 5.78 Å². The molecule has 0 N–H and O–H groups in total. The number of carbonyl (C=O) groups is 1. The lowest BCUT2D eigenvalue weighted by atomic mass is 10.1. The van der Waals surface area contributed by atoms with Gasteiger partial charge in [0, 0.05) is 6.42 Å². The summed E-state index contributed by atoms with van der Waals surface area (Å²) >= 11 is 0. The van der Waals surface area contributed by atoms with E-state index in [1.807, 2.05) is 67.6 Å². The number of rotatable bonds is 4. The Labute approximate surface area is 108 Å². The summed E-state index contributed by atoms with van der Waals surface area (Å²) in [5.41, 5.74) is 3.31. The number of allylic oxidation sites excluding steroid dienone is 1. The zero-order valence-electron chi connectivity index (χ0n) is 10.5. The van der Waals surface area contributed by atoms with Crippen molar-refractivity contribution in [2.75, 3.05) is 0 Å². The molecule has 18 heavy (non-hydrogen) atoms. The van der Waals surface area contributed by atoms with E-state index >= 15 is 0 Å². The lowest BCUT2D eigenvalue weighted by Gasteiger charge is -1.99. The van der Waals surface area contributed by atoms with Gasteiger partial charge in [-0.25, -0.2) is 0 Å². The Morgan fingerprint density at radius 2 is 1.83 bits per heavy atom. The molecule has 0 radical (unpaired) electrons. The third kappa shape index (κ3) is 3.70. The van der Waals surface area contributed by atoms with Gasteiger partial charge in [-0.15, -0.1) is 0 Å². The van der Waals surface area contributed by atoms with Crippen LogP contribution in [0.3, 0.4) is 0 Å². The van der Waals surface area contributed by atoms with Gasteiger partial charge >= 0.3 is 0 Å². The third-order valence-corrected chi connectivity index (χ3v) is 2.72. The molecule has 90 valence electrons. The van der Waals surface area contributed by atoms with Crippen molar-refractivity contribution < 1.29 is 4.79 Å². The smallest absolute Gasteiger partial charge is 0.160 e. The second-order valence-electron chi connectivity index (χ2n) is 4.38. The van der Waals surface area contributed by atoms with E-state index < -0.39 is 0 Å². The molecule has 0 amide bonds. The van der Waals surface area contributed by atoms with Crippen LogP contribution < -0.4 is 0 Å². The van der Waals surface area contributed by atoms with Crippen molar-refractivity contribution >= 4 is 11.9 Å². The minimum absolute atomic E-state index is 0.129.